The smallest absolute Gasteiger partial charge is 0.254 e. The molecule has 2 aromatic rings. The van der Waals surface area contributed by atoms with Crippen LogP contribution in [0.3, 0.4) is 0 Å². The third-order valence-corrected chi connectivity index (χ3v) is 6.01. The van der Waals surface area contributed by atoms with Gasteiger partial charge >= 0.3 is 0 Å². The van der Waals surface area contributed by atoms with Crippen LogP contribution >= 0.6 is 11.6 Å². The topological polar surface area (TPSA) is 62.9 Å². The van der Waals surface area contributed by atoms with Gasteiger partial charge in [0, 0.05) is 10.6 Å². The highest BCUT2D eigenvalue weighted by molar-refractivity contribution is 6.30. The minimum absolute atomic E-state index is 0.162. The van der Waals surface area contributed by atoms with Gasteiger partial charge in [0.2, 0.25) is 0 Å². The van der Waals surface area contributed by atoms with Crippen LogP contribution in [0.5, 0.6) is 0 Å². The predicted octanol–water partition coefficient (Wildman–Crippen LogP) is 4.13. The fourth-order valence-corrected chi connectivity index (χ4v) is 4.70. The van der Waals surface area contributed by atoms with Crippen molar-refractivity contribution in [2.75, 3.05) is 0 Å². The van der Waals surface area contributed by atoms with Crippen LogP contribution in [0.4, 0.5) is 0 Å². The van der Waals surface area contributed by atoms with Crippen molar-refractivity contribution in [3.8, 4) is 11.3 Å². The van der Waals surface area contributed by atoms with Gasteiger partial charge in [-0.1, -0.05) is 35.9 Å². The lowest BCUT2D eigenvalue weighted by atomic mass is 9.63. The summed E-state index contributed by atoms with van der Waals surface area (Å²) in [5.74, 6) is 0.553. The van der Waals surface area contributed by atoms with Gasteiger partial charge in [-0.25, -0.2) is 0 Å². The third-order valence-electron chi connectivity index (χ3n) is 5.77. The summed E-state index contributed by atoms with van der Waals surface area (Å²) in [6.07, 6.45) is 7.56. The van der Waals surface area contributed by atoms with Gasteiger partial charge in [0.15, 0.2) is 0 Å². The molecule has 4 atom stereocenters. The van der Waals surface area contributed by atoms with Crippen LogP contribution in [-0.2, 0) is 9.59 Å². The van der Waals surface area contributed by atoms with Crippen molar-refractivity contribution in [1.82, 2.24) is 5.01 Å². The normalized spacial score (nSPS) is 29.1. The average molecular weight is 381 g/mol. The summed E-state index contributed by atoms with van der Waals surface area (Å²) in [6, 6.07) is 10.9. The summed E-state index contributed by atoms with van der Waals surface area (Å²) in [7, 11) is 0. The quantitative estimate of drug-likeness (QED) is 0.457. The van der Waals surface area contributed by atoms with E-state index in [2.05, 4.69) is 17.3 Å². The first-order valence-electron chi connectivity index (χ1n) is 9.08. The number of carbonyl (C=O) groups is 2. The van der Waals surface area contributed by atoms with E-state index in [4.69, 9.17) is 16.0 Å². The third kappa shape index (κ3) is 2.65. The molecular weight excluding hydrogens is 364 g/mol. The van der Waals surface area contributed by atoms with Crippen LogP contribution in [0.15, 0.2) is 58.1 Å². The monoisotopic (exact) mass is 380 g/mol. The molecule has 1 saturated heterocycles. The van der Waals surface area contributed by atoms with Crippen LogP contribution in [0.25, 0.3) is 11.3 Å². The number of hydrogen-bond donors (Lipinski definition) is 0. The van der Waals surface area contributed by atoms with Gasteiger partial charge in [-0.15, -0.1) is 0 Å². The van der Waals surface area contributed by atoms with E-state index in [1.165, 1.54) is 6.21 Å². The summed E-state index contributed by atoms with van der Waals surface area (Å²) in [6.45, 7) is 0. The molecule has 5 nitrogen and oxygen atoms in total. The molecule has 1 aromatic carbocycles. The average Bonchev–Trinajstić information content (AvgIpc) is 3.26. The second-order valence-corrected chi connectivity index (χ2v) is 7.72. The zero-order valence-corrected chi connectivity index (χ0v) is 15.2. The summed E-state index contributed by atoms with van der Waals surface area (Å²) in [4.78, 5) is 25.5. The number of carbonyl (C=O) groups excluding carboxylic acids is 2. The number of nitrogens with zero attached hydrogens (tertiary/aromatic N) is 2. The molecular formula is C21H17ClN2O3. The van der Waals surface area contributed by atoms with Crippen molar-refractivity contribution in [3.63, 3.8) is 0 Å². The number of benzene rings is 1. The highest BCUT2D eigenvalue weighted by Crippen LogP contribution is 2.49. The maximum Gasteiger partial charge on any atom is 0.254 e. The number of furan rings is 1. The molecule has 3 aliphatic carbocycles. The molecule has 0 unspecified atom stereocenters. The summed E-state index contributed by atoms with van der Waals surface area (Å²) < 4.78 is 5.76. The lowest BCUT2D eigenvalue weighted by Gasteiger charge is -2.37. The zero-order valence-electron chi connectivity index (χ0n) is 14.4. The zero-order chi connectivity index (χ0) is 18.5. The SMILES string of the molecule is O=C1[C@H]2[C@H](C(=O)N1/N=C\c1ccc(-c3cccc(Cl)c3)o1)[C@H]1C=C[C@H]2CC1. The number of hydrazone groups is 1. The van der Waals surface area contributed by atoms with Crippen LogP contribution in [0, 0.1) is 23.7 Å². The Hall–Kier alpha value is -2.66. The van der Waals surface area contributed by atoms with E-state index in [0.29, 0.717) is 16.5 Å². The van der Waals surface area contributed by atoms with Gasteiger partial charge in [-0.2, -0.15) is 10.1 Å². The van der Waals surface area contributed by atoms with Crippen molar-refractivity contribution in [2.45, 2.75) is 12.8 Å². The van der Waals surface area contributed by atoms with Crippen LogP contribution in [0.2, 0.25) is 5.02 Å². The molecule has 136 valence electrons. The number of halogens is 1. The largest absolute Gasteiger partial charge is 0.455 e. The van der Waals surface area contributed by atoms with Gasteiger partial charge in [-0.05, 0) is 48.9 Å². The van der Waals surface area contributed by atoms with E-state index < -0.39 is 0 Å². The second-order valence-electron chi connectivity index (χ2n) is 7.29. The number of fused-ring (bicyclic) bond motifs is 1. The van der Waals surface area contributed by atoms with Crippen LogP contribution < -0.4 is 0 Å². The second kappa shape index (κ2) is 6.20. The van der Waals surface area contributed by atoms with Crippen molar-refractivity contribution in [3.05, 3.63) is 59.3 Å². The van der Waals surface area contributed by atoms with Gasteiger partial charge in [0.1, 0.15) is 11.5 Å². The molecule has 1 aromatic heterocycles. The highest BCUT2D eigenvalue weighted by atomic mass is 35.5. The Morgan fingerprint density at radius 1 is 1.04 bits per heavy atom. The molecule has 0 spiro atoms. The molecule has 6 rings (SSSR count). The molecule has 27 heavy (non-hydrogen) atoms. The summed E-state index contributed by atoms with van der Waals surface area (Å²) >= 11 is 6.01. The fourth-order valence-electron chi connectivity index (χ4n) is 4.51. The molecule has 2 fully saturated rings. The Kier molecular flexibility index (Phi) is 3.79. The van der Waals surface area contributed by atoms with E-state index in [9.17, 15) is 9.59 Å². The first kappa shape index (κ1) is 16.5. The molecule has 6 heteroatoms. The molecule has 4 aliphatic rings. The molecule has 1 aliphatic heterocycles. The number of amides is 2. The van der Waals surface area contributed by atoms with Crippen LogP contribution in [-0.4, -0.2) is 23.0 Å². The molecule has 1 saturated carbocycles. The van der Waals surface area contributed by atoms with E-state index in [-0.39, 0.29) is 35.5 Å². The minimum atomic E-state index is -0.253. The molecule has 2 heterocycles. The maximum atomic E-state index is 12.7. The molecule has 2 amide bonds. The maximum absolute atomic E-state index is 12.7. The van der Waals surface area contributed by atoms with E-state index in [1.54, 1.807) is 12.1 Å². The van der Waals surface area contributed by atoms with Crippen molar-refractivity contribution in [2.24, 2.45) is 28.8 Å². The Morgan fingerprint density at radius 2 is 1.74 bits per heavy atom. The van der Waals surface area contributed by atoms with E-state index in [1.807, 2.05) is 24.3 Å². The summed E-state index contributed by atoms with van der Waals surface area (Å²) in [5, 5.41) is 5.82. The van der Waals surface area contributed by atoms with E-state index in [0.717, 1.165) is 23.4 Å². The van der Waals surface area contributed by atoms with Crippen molar-refractivity contribution >= 4 is 29.6 Å². The first-order chi connectivity index (χ1) is 13.1. The Balaban J connectivity index is 1.38. The Labute approximate surface area is 161 Å². The van der Waals surface area contributed by atoms with Gasteiger partial charge < -0.3 is 4.42 Å². The molecule has 0 radical (unpaired) electrons. The van der Waals surface area contributed by atoms with Crippen molar-refractivity contribution < 1.29 is 14.0 Å². The van der Waals surface area contributed by atoms with E-state index >= 15 is 0 Å². The first-order valence-corrected chi connectivity index (χ1v) is 9.45. The van der Waals surface area contributed by atoms with Gasteiger partial charge in [0.05, 0.1) is 18.1 Å². The minimum Gasteiger partial charge on any atom is -0.455 e. The number of imide groups is 1. The highest BCUT2D eigenvalue weighted by Gasteiger charge is 2.56. The van der Waals surface area contributed by atoms with Crippen LogP contribution in [0.1, 0.15) is 18.6 Å². The Morgan fingerprint density at radius 3 is 2.37 bits per heavy atom. The molecule has 2 bridgehead atoms. The lowest BCUT2D eigenvalue weighted by molar-refractivity contribution is -0.140. The molecule has 0 N–H and O–H groups in total. The number of allylic oxidation sites excluding steroid dienone is 2. The standard InChI is InChI=1S/C21H17ClN2O3/c22-15-3-1-2-14(10-15)17-9-8-16(27-17)11-23-24-20(25)18-12-4-5-13(7-6-12)19(18)21(24)26/h1-5,8-13,18-19H,6-7H2/b23-11-/t12-,13-,18+,19+/m0/s1. The Bertz CT molecular complexity index is 961. The van der Waals surface area contributed by atoms with Crippen molar-refractivity contribution in [1.29, 1.82) is 0 Å². The summed E-state index contributed by atoms with van der Waals surface area (Å²) in [5.41, 5.74) is 0.851. The predicted molar refractivity (Wildman–Crippen MR) is 101 cm³/mol. The number of rotatable bonds is 3. The lowest BCUT2D eigenvalue weighted by Crippen LogP contribution is -2.38. The van der Waals surface area contributed by atoms with Gasteiger partial charge in [-0.3, -0.25) is 9.59 Å². The number of hydrogen-bond acceptors (Lipinski definition) is 4. The fraction of sp³-hybridized carbons (Fsp3) is 0.286. The van der Waals surface area contributed by atoms with Gasteiger partial charge in [0.25, 0.3) is 11.8 Å².